The fourth-order valence-corrected chi connectivity index (χ4v) is 5.88. The van der Waals surface area contributed by atoms with Crippen LogP contribution in [0.4, 0.5) is 0 Å². The Hall–Kier alpha value is -2.44. The van der Waals surface area contributed by atoms with Gasteiger partial charge in [-0.3, -0.25) is 9.59 Å². The average molecular weight is 448 g/mol. The number of rotatable bonds is 6. The van der Waals surface area contributed by atoms with Gasteiger partial charge in [-0.25, -0.2) is 8.42 Å². The third kappa shape index (κ3) is 5.18. The van der Waals surface area contributed by atoms with Crippen LogP contribution < -0.4 is 4.80 Å². The third-order valence-corrected chi connectivity index (χ3v) is 7.60. The van der Waals surface area contributed by atoms with Gasteiger partial charge in [-0.2, -0.15) is 4.99 Å². The zero-order valence-corrected chi connectivity index (χ0v) is 18.5. The maximum atomic E-state index is 12.6. The Labute approximate surface area is 180 Å². The summed E-state index contributed by atoms with van der Waals surface area (Å²) in [4.78, 5) is 31.0. The minimum absolute atomic E-state index is 0.0723. The van der Waals surface area contributed by atoms with Gasteiger partial charge in [0.15, 0.2) is 14.6 Å². The van der Waals surface area contributed by atoms with Crippen molar-refractivity contribution in [3.8, 4) is 12.3 Å². The zero-order chi connectivity index (χ0) is 21.7. The summed E-state index contributed by atoms with van der Waals surface area (Å²) in [7, 11) is -3.92. The molecular weight excluding hydrogens is 422 g/mol. The number of nitrogens with zero attached hydrogens (tertiary/aromatic N) is 3. The van der Waals surface area contributed by atoms with E-state index in [0.717, 1.165) is 35.9 Å². The van der Waals surface area contributed by atoms with Crippen molar-refractivity contribution in [3.05, 3.63) is 29.1 Å². The van der Waals surface area contributed by atoms with Crippen molar-refractivity contribution in [3.63, 3.8) is 0 Å². The van der Waals surface area contributed by atoms with E-state index in [2.05, 4.69) is 10.9 Å². The molecule has 1 fully saturated rings. The van der Waals surface area contributed by atoms with Crippen LogP contribution >= 0.6 is 11.3 Å². The molecule has 1 aliphatic heterocycles. The molecule has 0 aliphatic carbocycles. The molecule has 160 valence electrons. The van der Waals surface area contributed by atoms with E-state index in [1.54, 1.807) is 9.47 Å². The molecule has 3 rings (SSSR count). The van der Waals surface area contributed by atoms with Gasteiger partial charge in [-0.15, -0.1) is 6.42 Å². The summed E-state index contributed by atoms with van der Waals surface area (Å²) in [6.45, 7) is 2.78. The smallest absolute Gasteiger partial charge is 0.263 e. The minimum Gasteiger partial charge on any atom is -0.339 e. The van der Waals surface area contributed by atoms with Gasteiger partial charge in [0.2, 0.25) is 5.91 Å². The molecule has 1 aliphatic rings. The molecule has 0 bridgehead atoms. The highest BCUT2D eigenvalue weighted by Gasteiger charge is 2.29. The van der Waals surface area contributed by atoms with Crippen molar-refractivity contribution in [2.75, 3.05) is 18.1 Å². The van der Waals surface area contributed by atoms with E-state index in [4.69, 9.17) is 6.42 Å². The minimum atomic E-state index is -3.92. The predicted octanol–water partition coefficient (Wildman–Crippen LogP) is 1.97. The van der Waals surface area contributed by atoms with Gasteiger partial charge in [-0.05, 0) is 37.8 Å². The van der Waals surface area contributed by atoms with Gasteiger partial charge in [0, 0.05) is 12.6 Å². The largest absolute Gasteiger partial charge is 0.339 e. The summed E-state index contributed by atoms with van der Waals surface area (Å²) in [5, 5.41) is 0. The van der Waals surface area contributed by atoms with Crippen LogP contribution in [0.5, 0.6) is 0 Å². The van der Waals surface area contributed by atoms with Gasteiger partial charge in [0.05, 0.1) is 16.8 Å². The van der Waals surface area contributed by atoms with Crippen LogP contribution in [0.1, 0.15) is 32.6 Å². The highest BCUT2D eigenvalue weighted by molar-refractivity contribution is 7.92. The van der Waals surface area contributed by atoms with E-state index in [-0.39, 0.29) is 12.6 Å². The van der Waals surface area contributed by atoms with E-state index in [9.17, 15) is 18.0 Å². The predicted molar refractivity (Wildman–Crippen MR) is 118 cm³/mol. The number of hydrogen-bond acceptors (Lipinski definition) is 5. The molecule has 1 aromatic carbocycles. The monoisotopic (exact) mass is 447 g/mol. The molecule has 1 aromatic heterocycles. The molecule has 1 saturated heterocycles. The molecular formula is C21H25N3O4S2. The number of benzene rings is 1. The lowest BCUT2D eigenvalue weighted by molar-refractivity contribution is -0.132. The Morgan fingerprint density at radius 1 is 1.27 bits per heavy atom. The molecule has 2 amide bonds. The summed E-state index contributed by atoms with van der Waals surface area (Å²) in [5.41, 5.74) is 0.834. The van der Waals surface area contributed by atoms with Crippen LogP contribution in [0.15, 0.2) is 29.3 Å². The molecule has 2 heterocycles. The molecule has 9 heteroatoms. The highest BCUT2D eigenvalue weighted by atomic mass is 32.2. The number of para-hydroxylation sites is 1. The second-order valence-corrected chi connectivity index (χ2v) is 10.4. The van der Waals surface area contributed by atoms with Crippen LogP contribution in [0, 0.1) is 12.3 Å². The summed E-state index contributed by atoms with van der Waals surface area (Å²) in [6, 6.07) is 7.54. The third-order valence-electron chi connectivity index (χ3n) is 5.16. The van der Waals surface area contributed by atoms with Gasteiger partial charge >= 0.3 is 0 Å². The fraction of sp³-hybridized carbons (Fsp3) is 0.476. The van der Waals surface area contributed by atoms with Gasteiger partial charge in [0.25, 0.3) is 5.91 Å². The van der Waals surface area contributed by atoms with E-state index in [0.29, 0.717) is 11.3 Å². The molecule has 0 spiro atoms. The summed E-state index contributed by atoms with van der Waals surface area (Å²) in [5.74, 6) is -0.169. The van der Waals surface area contributed by atoms with Crippen molar-refractivity contribution < 1.29 is 18.0 Å². The quantitative estimate of drug-likeness (QED) is 0.634. The van der Waals surface area contributed by atoms with Crippen LogP contribution in [0.3, 0.4) is 0 Å². The second kappa shape index (κ2) is 9.58. The van der Waals surface area contributed by atoms with E-state index < -0.39 is 33.2 Å². The molecule has 2 aromatic rings. The first-order valence-electron chi connectivity index (χ1n) is 9.94. The standard InChI is InChI=1S/C21H25N3O4S2/c1-3-12-24-17-10-5-6-11-18(17)29-21(24)22-19(25)14-30(27,28)15-20(26)23-13-8-7-9-16(23)4-2/h1,5-6,10-11,16H,4,7-9,12-15H2,2H3. The lowest BCUT2D eigenvalue weighted by atomic mass is 10.0. The molecule has 7 nitrogen and oxygen atoms in total. The first-order chi connectivity index (χ1) is 14.3. The van der Waals surface area contributed by atoms with Crippen LogP contribution in [0.2, 0.25) is 0 Å². The normalized spacial score (nSPS) is 17.8. The van der Waals surface area contributed by atoms with E-state index in [1.807, 2.05) is 31.2 Å². The highest BCUT2D eigenvalue weighted by Crippen LogP contribution is 2.20. The maximum absolute atomic E-state index is 12.6. The molecule has 0 N–H and O–H groups in total. The number of hydrogen-bond donors (Lipinski definition) is 0. The number of aromatic nitrogens is 1. The van der Waals surface area contributed by atoms with Crippen molar-refractivity contribution in [2.24, 2.45) is 4.99 Å². The number of carbonyl (C=O) groups is 2. The number of thiazole rings is 1. The maximum Gasteiger partial charge on any atom is 0.263 e. The number of likely N-dealkylation sites (tertiary alicyclic amines) is 1. The Balaban J connectivity index is 1.77. The Bertz CT molecular complexity index is 1150. The zero-order valence-electron chi connectivity index (χ0n) is 16.9. The molecule has 0 radical (unpaired) electrons. The summed E-state index contributed by atoms with van der Waals surface area (Å²) in [6.07, 6.45) is 9.02. The van der Waals surface area contributed by atoms with Crippen LogP contribution in [-0.4, -0.2) is 53.8 Å². The van der Waals surface area contributed by atoms with Crippen LogP contribution in [0.25, 0.3) is 10.2 Å². The molecule has 0 saturated carbocycles. The molecule has 1 unspecified atom stereocenters. The van der Waals surface area contributed by atoms with Crippen LogP contribution in [-0.2, 0) is 26.0 Å². The number of fused-ring (bicyclic) bond motifs is 1. The van der Waals surface area contributed by atoms with Crippen molar-refractivity contribution in [1.82, 2.24) is 9.47 Å². The number of sulfone groups is 1. The number of piperidine rings is 1. The van der Waals surface area contributed by atoms with Crippen molar-refractivity contribution in [2.45, 2.75) is 45.2 Å². The fourth-order valence-electron chi connectivity index (χ4n) is 3.75. The molecule has 30 heavy (non-hydrogen) atoms. The van der Waals surface area contributed by atoms with Crippen molar-refractivity contribution in [1.29, 1.82) is 0 Å². The SMILES string of the molecule is C#CCn1c(=NC(=O)CS(=O)(=O)CC(=O)N2CCCCC2CC)sc2ccccc21. The second-order valence-electron chi connectivity index (χ2n) is 7.33. The lowest BCUT2D eigenvalue weighted by Gasteiger charge is -2.35. The Kier molecular flexibility index (Phi) is 7.10. The number of terminal acetylenes is 1. The van der Waals surface area contributed by atoms with Crippen molar-refractivity contribution >= 4 is 43.2 Å². The Morgan fingerprint density at radius 2 is 2.03 bits per heavy atom. The average Bonchev–Trinajstić information content (AvgIpc) is 3.04. The van der Waals surface area contributed by atoms with Gasteiger partial charge in [-0.1, -0.05) is 36.3 Å². The van der Waals surface area contributed by atoms with E-state index in [1.165, 1.54) is 11.3 Å². The van der Waals surface area contributed by atoms with Gasteiger partial charge in [0.1, 0.15) is 11.5 Å². The first kappa shape index (κ1) is 22.2. The number of amides is 2. The molecule has 1 atom stereocenters. The lowest BCUT2D eigenvalue weighted by Crippen LogP contribution is -2.46. The number of carbonyl (C=O) groups excluding carboxylic acids is 2. The summed E-state index contributed by atoms with van der Waals surface area (Å²) < 4.78 is 27.6. The van der Waals surface area contributed by atoms with Gasteiger partial charge < -0.3 is 9.47 Å². The summed E-state index contributed by atoms with van der Waals surface area (Å²) >= 11 is 1.27. The first-order valence-corrected chi connectivity index (χ1v) is 12.6. The topological polar surface area (TPSA) is 88.8 Å². The Morgan fingerprint density at radius 3 is 2.77 bits per heavy atom. The van der Waals surface area contributed by atoms with E-state index >= 15 is 0 Å².